The van der Waals surface area contributed by atoms with Crippen LogP contribution in [0.3, 0.4) is 0 Å². The monoisotopic (exact) mass is 170 g/mol. The lowest BCUT2D eigenvalue weighted by molar-refractivity contribution is 0.261. The highest BCUT2D eigenvalue weighted by Gasteiger charge is 2.19. The van der Waals surface area contributed by atoms with Crippen LogP contribution in [0.2, 0.25) is 0 Å². The Morgan fingerprint density at radius 2 is 2.42 bits per heavy atom. The maximum atomic E-state index is 5.70. The van der Waals surface area contributed by atoms with Gasteiger partial charge in [0.05, 0.1) is 0 Å². The first-order chi connectivity index (χ1) is 5.77. The predicted molar refractivity (Wildman–Crippen MR) is 50.9 cm³/mol. The van der Waals surface area contributed by atoms with Crippen molar-refractivity contribution in [2.75, 3.05) is 26.7 Å². The van der Waals surface area contributed by atoms with E-state index < -0.39 is 0 Å². The van der Waals surface area contributed by atoms with Crippen LogP contribution in [0, 0.1) is 5.92 Å². The first-order valence-electron chi connectivity index (χ1n) is 4.45. The molecule has 1 aliphatic heterocycles. The van der Waals surface area contributed by atoms with E-state index in [9.17, 15) is 0 Å². The number of hydrogen-bond donors (Lipinski definition) is 2. The van der Waals surface area contributed by atoms with E-state index in [0.717, 1.165) is 19.6 Å². The highest BCUT2D eigenvalue weighted by Crippen LogP contribution is 2.14. The molecule has 1 unspecified atom stereocenters. The van der Waals surface area contributed by atoms with Gasteiger partial charge in [0, 0.05) is 20.1 Å². The Balaban J connectivity index is 2.45. The average Bonchev–Trinajstić information content (AvgIpc) is 2.17. The maximum Gasteiger partial charge on any atom is 0.190 e. The van der Waals surface area contributed by atoms with E-state index in [4.69, 9.17) is 11.5 Å². The zero-order valence-corrected chi connectivity index (χ0v) is 7.66. The summed E-state index contributed by atoms with van der Waals surface area (Å²) in [6.07, 6.45) is 2.40. The minimum atomic E-state index is 0.596. The van der Waals surface area contributed by atoms with Crippen molar-refractivity contribution in [3.63, 3.8) is 0 Å². The van der Waals surface area contributed by atoms with E-state index in [-0.39, 0.29) is 0 Å². The third kappa shape index (κ3) is 2.11. The first-order valence-corrected chi connectivity index (χ1v) is 4.45. The van der Waals surface area contributed by atoms with Crippen LogP contribution in [0.15, 0.2) is 4.99 Å². The minimum Gasteiger partial charge on any atom is -0.370 e. The van der Waals surface area contributed by atoms with Crippen LogP contribution < -0.4 is 11.5 Å². The molecular formula is C8H18N4. The summed E-state index contributed by atoms with van der Waals surface area (Å²) in [5, 5.41) is 0. The third-order valence-electron chi connectivity index (χ3n) is 2.41. The normalized spacial score (nSPS) is 26.0. The van der Waals surface area contributed by atoms with Gasteiger partial charge < -0.3 is 16.4 Å². The molecule has 4 nitrogen and oxygen atoms in total. The molecule has 1 saturated heterocycles. The van der Waals surface area contributed by atoms with Crippen molar-refractivity contribution in [2.45, 2.75) is 12.8 Å². The molecule has 0 aromatic rings. The zero-order valence-electron chi connectivity index (χ0n) is 7.66. The van der Waals surface area contributed by atoms with Gasteiger partial charge in [-0.3, -0.25) is 4.99 Å². The summed E-state index contributed by atoms with van der Waals surface area (Å²) in [5.41, 5.74) is 11.3. The largest absolute Gasteiger partial charge is 0.370 e. The number of likely N-dealkylation sites (tertiary alicyclic amines) is 1. The molecule has 0 spiro atoms. The number of nitrogens with zero attached hydrogens (tertiary/aromatic N) is 2. The molecule has 0 aromatic heterocycles. The molecule has 1 atom stereocenters. The smallest absolute Gasteiger partial charge is 0.190 e. The molecule has 4 heteroatoms. The van der Waals surface area contributed by atoms with Gasteiger partial charge in [0.25, 0.3) is 0 Å². The van der Waals surface area contributed by atoms with E-state index in [1.165, 1.54) is 12.8 Å². The first kappa shape index (κ1) is 9.32. The highest BCUT2D eigenvalue weighted by atomic mass is 15.3. The molecule has 4 N–H and O–H groups in total. The molecule has 0 radical (unpaired) electrons. The van der Waals surface area contributed by atoms with E-state index >= 15 is 0 Å². The average molecular weight is 170 g/mol. The number of nitrogens with two attached hydrogens (primary N) is 2. The number of aliphatic imine (C=N–C) groups is 1. The van der Waals surface area contributed by atoms with Crippen molar-refractivity contribution in [1.82, 2.24) is 4.90 Å². The van der Waals surface area contributed by atoms with Gasteiger partial charge in [0.2, 0.25) is 0 Å². The quantitative estimate of drug-likeness (QED) is 0.416. The zero-order chi connectivity index (χ0) is 8.97. The molecule has 0 saturated carbocycles. The van der Waals surface area contributed by atoms with Gasteiger partial charge >= 0.3 is 0 Å². The number of piperidine rings is 1. The second-order valence-corrected chi connectivity index (χ2v) is 3.27. The molecule has 0 aliphatic carbocycles. The Bertz CT molecular complexity index is 166. The molecule has 12 heavy (non-hydrogen) atoms. The van der Waals surface area contributed by atoms with Crippen molar-refractivity contribution in [3.8, 4) is 0 Å². The standard InChI is InChI=1S/C8H18N4/c1-11-8(10)12-4-2-3-7(5-9)6-12/h7H,2-6,9H2,1H3,(H2,10,11). The van der Waals surface area contributed by atoms with Crippen LogP contribution in [0.5, 0.6) is 0 Å². The second-order valence-electron chi connectivity index (χ2n) is 3.27. The van der Waals surface area contributed by atoms with Gasteiger partial charge in [-0.25, -0.2) is 0 Å². The topological polar surface area (TPSA) is 67.6 Å². The summed E-state index contributed by atoms with van der Waals surface area (Å²) >= 11 is 0. The highest BCUT2D eigenvalue weighted by molar-refractivity contribution is 5.77. The Morgan fingerprint density at radius 1 is 1.67 bits per heavy atom. The molecule has 1 fully saturated rings. The predicted octanol–water partition coefficient (Wildman–Crippen LogP) is -0.398. The van der Waals surface area contributed by atoms with E-state index in [1.54, 1.807) is 7.05 Å². The Morgan fingerprint density at radius 3 is 3.00 bits per heavy atom. The molecule has 1 aliphatic rings. The molecule has 1 rings (SSSR count). The summed E-state index contributed by atoms with van der Waals surface area (Å²) in [6, 6.07) is 0. The third-order valence-corrected chi connectivity index (χ3v) is 2.41. The molecular weight excluding hydrogens is 152 g/mol. The lowest BCUT2D eigenvalue weighted by atomic mass is 9.99. The molecule has 70 valence electrons. The van der Waals surface area contributed by atoms with Gasteiger partial charge in [-0.15, -0.1) is 0 Å². The van der Waals surface area contributed by atoms with Crippen LogP contribution in [0.1, 0.15) is 12.8 Å². The van der Waals surface area contributed by atoms with Crippen LogP contribution in [-0.2, 0) is 0 Å². The lowest BCUT2D eigenvalue weighted by Crippen LogP contribution is -2.45. The molecule has 1 heterocycles. The van der Waals surface area contributed by atoms with Crippen molar-refractivity contribution in [3.05, 3.63) is 0 Å². The fraction of sp³-hybridized carbons (Fsp3) is 0.875. The Hall–Kier alpha value is -0.770. The van der Waals surface area contributed by atoms with Crippen molar-refractivity contribution < 1.29 is 0 Å². The summed E-state index contributed by atoms with van der Waals surface area (Å²) in [6.45, 7) is 2.76. The van der Waals surface area contributed by atoms with Gasteiger partial charge in [-0.1, -0.05) is 0 Å². The van der Waals surface area contributed by atoms with Crippen LogP contribution in [0.4, 0.5) is 0 Å². The number of rotatable bonds is 1. The number of guanidine groups is 1. The molecule has 0 bridgehead atoms. The summed E-state index contributed by atoms with van der Waals surface area (Å²) in [5.74, 6) is 1.24. The van der Waals surface area contributed by atoms with Gasteiger partial charge in [0.1, 0.15) is 0 Å². The van der Waals surface area contributed by atoms with E-state index in [1.807, 2.05) is 0 Å². The summed E-state index contributed by atoms with van der Waals surface area (Å²) < 4.78 is 0. The van der Waals surface area contributed by atoms with Gasteiger partial charge in [0.15, 0.2) is 5.96 Å². The SMILES string of the molecule is CN=C(N)N1CCCC(CN)C1. The summed E-state index contributed by atoms with van der Waals surface area (Å²) in [7, 11) is 1.72. The van der Waals surface area contributed by atoms with Crippen molar-refractivity contribution in [2.24, 2.45) is 22.4 Å². The fourth-order valence-electron chi connectivity index (χ4n) is 1.61. The van der Waals surface area contributed by atoms with Gasteiger partial charge in [-0.05, 0) is 25.3 Å². The minimum absolute atomic E-state index is 0.596. The molecule has 0 aromatic carbocycles. The fourth-order valence-corrected chi connectivity index (χ4v) is 1.61. The van der Waals surface area contributed by atoms with Crippen LogP contribution in [0.25, 0.3) is 0 Å². The van der Waals surface area contributed by atoms with E-state index in [0.29, 0.717) is 11.9 Å². The molecule has 0 amide bonds. The Labute approximate surface area is 73.6 Å². The number of hydrogen-bond acceptors (Lipinski definition) is 2. The second kappa shape index (κ2) is 4.30. The van der Waals surface area contributed by atoms with Crippen molar-refractivity contribution >= 4 is 5.96 Å². The maximum absolute atomic E-state index is 5.70. The lowest BCUT2D eigenvalue weighted by Gasteiger charge is -2.32. The Kier molecular flexibility index (Phi) is 3.34. The van der Waals surface area contributed by atoms with Crippen LogP contribution >= 0.6 is 0 Å². The van der Waals surface area contributed by atoms with E-state index in [2.05, 4.69) is 9.89 Å². The van der Waals surface area contributed by atoms with Crippen LogP contribution in [-0.4, -0.2) is 37.5 Å². The van der Waals surface area contributed by atoms with Crippen molar-refractivity contribution in [1.29, 1.82) is 0 Å². The van der Waals surface area contributed by atoms with Gasteiger partial charge in [-0.2, -0.15) is 0 Å². The summed E-state index contributed by atoms with van der Waals surface area (Å²) in [4.78, 5) is 6.07.